The zero-order valence-corrected chi connectivity index (χ0v) is 8.65. The van der Waals surface area contributed by atoms with E-state index < -0.39 is 0 Å². The number of aryl methyl sites for hydroxylation is 2. The van der Waals surface area contributed by atoms with Gasteiger partial charge in [0.25, 0.3) is 0 Å². The van der Waals surface area contributed by atoms with E-state index in [1.165, 1.54) is 23.1 Å². The van der Waals surface area contributed by atoms with Gasteiger partial charge in [-0.25, -0.2) is 0 Å². The third-order valence-corrected chi connectivity index (χ3v) is 2.89. The van der Waals surface area contributed by atoms with Crippen molar-refractivity contribution in [3.8, 4) is 0 Å². The van der Waals surface area contributed by atoms with Crippen molar-refractivity contribution in [1.82, 2.24) is 5.32 Å². The van der Waals surface area contributed by atoms with Gasteiger partial charge in [0.1, 0.15) is 0 Å². The van der Waals surface area contributed by atoms with Crippen LogP contribution in [0.1, 0.15) is 35.2 Å². The number of benzene rings is 1. The summed E-state index contributed by atoms with van der Waals surface area (Å²) in [5, 5.41) is 3.50. The van der Waals surface area contributed by atoms with E-state index in [0.717, 1.165) is 6.54 Å². The van der Waals surface area contributed by atoms with Gasteiger partial charge in [-0.05, 0) is 50.4 Å². The number of hydrogen-bond acceptors (Lipinski definition) is 1. The van der Waals surface area contributed by atoms with Crippen molar-refractivity contribution < 1.29 is 0 Å². The van der Waals surface area contributed by atoms with Crippen molar-refractivity contribution >= 4 is 0 Å². The van der Waals surface area contributed by atoms with Crippen LogP contribution in [0.3, 0.4) is 0 Å². The molecule has 13 heavy (non-hydrogen) atoms. The molecule has 70 valence electrons. The molecule has 0 aromatic heterocycles. The fourth-order valence-corrected chi connectivity index (χ4v) is 2.42. The molecule has 1 aliphatic rings. The number of hydrogen-bond donors (Lipinski definition) is 1. The SMILES string of the molecule is Cc1cc(C)c2c(c1)CCNC2C. The molecule has 0 radical (unpaired) electrons. The van der Waals surface area contributed by atoms with Crippen molar-refractivity contribution in [3.63, 3.8) is 0 Å². The van der Waals surface area contributed by atoms with Crippen LogP contribution in [0.25, 0.3) is 0 Å². The molecule has 1 N–H and O–H groups in total. The van der Waals surface area contributed by atoms with Gasteiger partial charge in [-0.1, -0.05) is 17.7 Å². The lowest BCUT2D eigenvalue weighted by atomic mass is 9.90. The van der Waals surface area contributed by atoms with Crippen molar-refractivity contribution in [1.29, 1.82) is 0 Å². The predicted octanol–water partition coefficient (Wildman–Crippen LogP) is 2.51. The highest BCUT2D eigenvalue weighted by Crippen LogP contribution is 2.26. The first-order valence-electron chi connectivity index (χ1n) is 5.02. The zero-order valence-electron chi connectivity index (χ0n) is 8.65. The van der Waals surface area contributed by atoms with Gasteiger partial charge in [0, 0.05) is 6.04 Å². The maximum absolute atomic E-state index is 3.50. The van der Waals surface area contributed by atoms with Crippen LogP contribution in [0.2, 0.25) is 0 Å². The molecule has 1 unspecified atom stereocenters. The molecule has 0 amide bonds. The highest BCUT2D eigenvalue weighted by Gasteiger charge is 2.17. The average Bonchev–Trinajstić information content (AvgIpc) is 2.02. The third kappa shape index (κ3) is 1.49. The molecule has 0 saturated carbocycles. The highest BCUT2D eigenvalue weighted by atomic mass is 14.9. The molecule has 1 heteroatoms. The molecular weight excluding hydrogens is 158 g/mol. The maximum Gasteiger partial charge on any atom is 0.0297 e. The van der Waals surface area contributed by atoms with Crippen LogP contribution in [0.15, 0.2) is 12.1 Å². The summed E-state index contributed by atoms with van der Waals surface area (Å²) in [6, 6.07) is 5.14. The first-order valence-corrected chi connectivity index (χ1v) is 5.02. The van der Waals surface area contributed by atoms with E-state index in [9.17, 15) is 0 Å². The molecule has 1 aromatic rings. The van der Waals surface area contributed by atoms with Crippen molar-refractivity contribution in [2.45, 2.75) is 33.2 Å². The van der Waals surface area contributed by atoms with E-state index in [4.69, 9.17) is 0 Å². The molecule has 0 saturated heterocycles. The molecule has 1 nitrogen and oxygen atoms in total. The molecule has 0 bridgehead atoms. The Morgan fingerprint density at radius 2 is 2.08 bits per heavy atom. The van der Waals surface area contributed by atoms with Gasteiger partial charge in [0.2, 0.25) is 0 Å². The third-order valence-electron chi connectivity index (χ3n) is 2.89. The van der Waals surface area contributed by atoms with Crippen LogP contribution >= 0.6 is 0 Å². The summed E-state index contributed by atoms with van der Waals surface area (Å²) < 4.78 is 0. The van der Waals surface area contributed by atoms with Crippen LogP contribution < -0.4 is 5.32 Å². The Morgan fingerprint density at radius 1 is 1.31 bits per heavy atom. The molecule has 1 aliphatic heterocycles. The van der Waals surface area contributed by atoms with Gasteiger partial charge in [-0.15, -0.1) is 0 Å². The Kier molecular flexibility index (Phi) is 2.12. The van der Waals surface area contributed by atoms with Gasteiger partial charge in [0.05, 0.1) is 0 Å². The van der Waals surface area contributed by atoms with Crippen molar-refractivity contribution in [2.75, 3.05) is 6.54 Å². The quantitative estimate of drug-likeness (QED) is 0.639. The number of rotatable bonds is 0. The molecule has 0 fully saturated rings. The highest BCUT2D eigenvalue weighted by molar-refractivity contribution is 5.41. The van der Waals surface area contributed by atoms with Crippen LogP contribution in [0, 0.1) is 13.8 Å². The van der Waals surface area contributed by atoms with Crippen LogP contribution in [-0.2, 0) is 6.42 Å². The van der Waals surface area contributed by atoms with Gasteiger partial charge < -0.3 is 5.32 Å². The Morgan fingerprint density at radius 3 is 2.85 bits per heavy atom. The molecule has 2 rings (SSSR count). The topological polar surface area (TPSA) is 12.0 Å². The Bertz CT molecular complexity index is 328. The Labute approximate surface area is 80.2 Å². The summed E-state index contributed by atoms with van der Waals surface area (Å²) in [5.74, 6) is 0. The second kappa shape index (κ2) is 3.15. The summed E-state index contributed by atoms with van der Waals surface area (Å²) in [7, 11) is 0. The lowest BCUT2D eigenvalue weighted by molar-refractivity contribution is 0.538. The van der Waals surface area contributed by atoms with E-state index in [1.807, 2.05) is 0 Å². The fourth-order valence-electron chi connectivity index (χ4n) is 2.42. The minimum Gasteiger partial charge on any atom is -0.310 e. The Balaban J connectivity index is 2.56. The first-order chi connectivity index (χ1) is 6.18. The number of nitrogens with one attached hydrogen (secondary N) is 1. The van der Waals surface area contributed by atoms with Gasteiger partial charge in [-0.2, -0.15) is 0 Å². The second-order valence-corrected chi connectivity index (χ2v) is 4.08. The molecule has 0 spiro atoms. The van der Waals surface area contributed by atoms with Crippen LogP contribution in [0.5, 0.6) is 0 Å². The first kappa shape index (κ1) is 8.76. The Hall–Kier alpha value is -0.820. The van der Waals surface area contributed by atoms with Gasteiger partial charge in [0.15, 0.2) is 0 Å². The molecule has 1 atom stereocenters. The van der Waals surface area contributed by atoms with Crippen molar-refractivity contribution in [2.24, 2.45) is 0 Å². The molecular formula is C12H17N. The van der Waals surface area contributed by atoms with E-state index in [0.29, 0.717) is 6.04 Å². The number of fused-ring (bicyclic) bond motifs is 1. The summed E-state index contributed by atoms with van der Waals surface area (Å²) in [6.07, 6.45) is 1.18. The fraction of sp³-hybridized carbons (Fsp3) is 0.500. The van der Waals surface area contributed by atoms with Gasteiger partial charge in [-0.3, -0.25) is 0 Å². The van der Waals surface area contributed by atoms with E-state index in [-0.39, 0.29) is 0 Å². The largest absolute Gasteiger partial charge is 0.310 e. The normalized spacial score (nSPS) is 21.3. The monoisotopic (exact) mass is 175 g/mol. The van der Waals surface area contributed by atoms with Crippen LogP contribution in [-0.4, -0.2) is 6.54 Å². The summed E-state index contributed by atoms with van der Waals surface area (Å²) in [6.45, 7) is 7.77. The lowest BCUT2D eigenvalue weighted by Gasteiger charge is -2.26. The van der Waals surface area contributed by atoms with E-state index in [1.54, 1.807) is 5.56 Å². The smallest absolute Gasteiger partial charge is 0.0297 e. The molecule has 1 heterocycles. The summed E-state index contributed by atoms with van der Waals surface area (Å²) in [4.78, 5) is 0. The van der Waals surface area contributed by atoms with Crippen LogP contribution in [0.4, 0.5) is 0 Å². The molecule has 1 aromatic carbocycles. The van der Waals surface area contributed by atoms with Gasteiger partial charge >= 0.3 is 0 Å². The zero-order chi connectivity index (χ0) is 9.42. The average molecular weight is 175 g/mol. The summed E-state index contributed by atoms with van der Waals surface area (Å²) in [5.41, 5.74) is 5.90. The standard InChI is InChI=1S/C12H17N/c1-8-6-9(2)12-10(3)13-5-4-11(12)7-8/h6-7,10,13H,4-5H2,1-3H3. The maximum atomic E-state index is 3.50. The lowest BCUT2D eigenvalue weighted by Crippen LogP contribution is -2.28. The minimum atomic E-state index is 0.532. The van der Waals surface area contributed by atoms with Crippen molar-refractivity contribution in [3.05, 3.63) is 34.4 Å². The summed E-state index contributed by atoms with van der Waals surface area (Å²) >= 11 is 0. The molecule has 0 aliphatic carbocycles. The predicted molar refractivity (Wildman–Crippen MR) is 56.0 cm³/mol. The minimum absolute atomic E-state index is 0.532. The van der Waals surface area contributed by atoms with E-state index >= 15 is 0 Å². The second-order valence-electron chi connectivity index (χ2n) is 4.08. The van der Waals surface area contributed by atoms with E-state index in [2.05, 4.69) is 38.2 Å².